The summed E-state index contributed by atoms with van der Waals surface area (Å²) in [5.41, 5.74) is -0.422. The minimum Gasteiger partial charge on any atom is -0.393 e. The summed E-state index contributed by atoms with van der Waals surface area (Å²) < 4.78 is 0. The number of hydrogen-bond donors (Lipinski definition) is 2. The summed E-state index contributed by atoms with van der Waals surface area (Å²) in [5.74, 6) is 0.160. The fourth-order valence-corrected chi connectivity index (χ4v) is 2.94. The second-order valence-electron chi connectivity index (χ2n) is 4.57. The third kappa shape index (κ3) is 1.53. The van der Waals surface area contributed by atoms with E-state index in [2.05, 4.69) is 11.4 Å². The SMILES string of the molecule is N#CC1(C2CCCC2O)CCCCN1. The van der Waals surface area contributed by atoms with Gasteiger partial charge in [0.2, 0.25) is 0 Å². The van der Waals surface area contributed by atoms with Crippen molar-refractivity contribution in [1.82, 2.24) is 5.32 Å². The molecule has 3 nitrogen and oxygen atoms in total. The molecule has 3 heteroatoms. The summed E-state index contributed by atoms with van der Waals surface area (Å²) in [6.45, 7) is 0.927. The lowest BCUT2D eigenvalue weighted by molar-refractivity contribution is 0.0761. The van der Waals surface area contributed by atoms with Crippen molar-refractivity contribution in [3.63, 3.8) is 0 Å². The maximum atomic E-state index is 9.85. The number of aliphatic hydroxyl groups excluding tert-OH is 1. The minimum absolute atomic E-state index is 0.160. The van der Waals surface area contributed by atoms with Gasteiger partial charge in [0.15, 0.2) is 0 Å². The van der Waals surface area contributed by atoms with Crippen molar-refractivity contribution in [3.05, 3.63) is 0 Å². The van der Waals surface area contributed by atoms with Crippen LogP contribution >= 0.6 is 0 Å². The third-order valence-electron chi connectivity index (χ3n) is 3.75. The largest absolute Gasteiger partial charge is 0.393 e. The molecule has 0 aromatic carbocycles. The second kappa shape index (κ2) is 3.88. The Bertz CT molecular complexity index is 240. The molecule has 78 valence electrons. The van der Waals surface area contributed by atoms with Crippen molar-refractivity contribution in [2.24, 2.45) is 5.92 Å². The molecule has 2 fully saturated rings. The van der Waals surface area contributed by atoms with Gasteiger partial charge in [0.1, 0.15) is 5.54 Å². The Morgan fingerprint density at radius 2 is 2.14 bits per heavy atom. The molecule has 0 radical (unpaired) electrons. The smallest absolute Gasteiger partial charge is 0.112 e. The molecule has 14 heavy (non-hydrogen) atoms. The van der Waals surface area contributed by atoms with E-state index in [4.69, 9.17) is 0 Å². The zero-order valence-electron chi connectivity index (χ0n) is 8.50. The second-order valence-corrected chi connectivity index (χ2v) is 4.57. The van der Waals surface area contributed by atoms with Crippen LogP contribution in [0, 0.1) is 17.2 Å². The molecule has 3 atom stereocenters. The molecule has 1 saturated heterocycles. The zero-order chi connectivity index (χ0) is 10.0. The molecular formula is C11H18N2O. The van der Waals surface area contributed by atoms with E-state index in [0.29, 0.717) is 0 Å². The van der Waals surface area contributed by atoms with Crippen LogP contribution in [0.25, 0.3) is 0 Å². The van der Waals surface area contributed by atoms with E-state index in [1.807, 2.05) is 0 Å². The third-order valence-corrected chi connectivity index (χ3v) is 3.75. The average molecular weight is 194 g/mol. The van der Waals surface area contributed by atoms with Crippen molar-refractivity contribution in [1.29, 1.82) is 5.26 Å². The van der Waals surface area contributed by atoms with Crippen LogP contribution in [-0.2, 0) is 0 Å². The fraction of sp³-hybridized carbons (Fsp3) is 0.909. The zero-order valence-corrected chi connectivity index (χ0v) is 8.50. The van der Waals surface area contributed by atoms with E-state index in [1.54, 1.807) is 0 Å². The lowest BCUT2D eigenvalue weighted by Crippen LogP contribution is -2.55. The molecule has 2 rings (SSSR count). The quantitative estimate of drug-likeness (QED) is 0.659. The van der Waals surface area contributed by atoms with Gasteiger partial charge in [-0.2, -0.15) is 5.26 Å². The van der Waals surface area contributed by atoms with Crippen LogP contribution in [0.1, 0.15) is 38.5 Å². The average Bonchev–Trinajstić information content (AvgIpc) is 2.66. The first kappa shape index (κ1) is 9.95. The summed E-state index contributed by atoms with van der Waals surface area (Å²) in [7, 11) is 0. The Morgan fingerprint density at radius 1 is 1.29 bits per heavy atom. The molecule has 0 aromatic heterocycles. The summed E-state index contributed by atoms with van der Waals surface area (Å²) in [5, 5.41) is 22.5. The van der Waals surface area contributed by atoms with Crippen LogP contribution in [-0.4, -0.2) is 23.3 Å². The normalized spacial score (nSPS) is 43.4. The molecule has 1 heterocycles. The van der Waals surface area contributed by atoms with Crippen LogP contribution in [0.3, 0.4) is 0 Å². The number of aliphatic hydroxyl groups is 1. The Hall–Kier alpha value is -0.590. The monoisotopic (exact) mass is 194 g/mol. The highest BCUT2D eigenvalue weighted by Crippen LogP contribution is 2.38. The molecule has 2 aliphatic rings. The number of nitrogens with one attached hydrogen (secondary N) is 1. The Kier molecular flexibility index (Phi) is 2.76. The Morgan fingerprint density at radius 3 is 2.64 bits per heavy atom. The van der Waals surface area contributed by atoms with Crippen LogP contribution in [0.5, 0.6) is 0 Å². The van der Waals surface area contributed by atoms with Crippen LogP contribution < -0.4 is 5.32 Å². The van der Waals surface area contributed by atoms with Gasteiger partial charge in [-0.15, -0.1) is 0 Å². The lowest BCUT2D eigenvalue weighted by atomic mass is 9.77. The van der Waals surface area contributed by atoms with Gasteiger partial charge >= 0.3 is 0 Å². The summed E-state index contributed by atoms with van der Waals surface area (Å²) in [4.78, 5) is 0. The maximum Gasteiger partial charge on any atom is 0.112 e. The molecule has 0 spiro atoms. The Labute approximate surface area is 85.1 Å². The first-order valence-corrected chi connectivity index (χ1v) is 5.63. The van der Waals surface area contributed by atoms with Crippen molar-refractivity contribution in [2.45, 2.75) is 50.2 Å². The van der Waals surface area contributed by atoms with Gasteiger partial charge in [0.25, 0.3) is 0 Å². The standard InChI is InChI=1S/C11H18N2O/c12-8-11(6-1-2-7-13-11)9-4-3-5-10(9)14/h9-10,13-14H,1-7H2. The van der Waals surface area contributed by atoms with E-state index in [0.717, 1.165) is 45.1 Å². The molecule has 0 aromatic rings. The topological polar surface area (TPSA) is 56.0 Å². The lowest BCUT2D eigenvalue weighted by Gasteiger charge is -2.38. The molecule has 1 aliphatic heterocycles. The molecule has 1 saturated carbocycles. The predicted molar refractivity (Wildman–Crippen MR) is 53.5 cm³/mol. The Balaban J connectivity index is 2.14. The number of nitrogens with zero attached hydrogens (tertiary/aromatic N) is 1. The number of rotatable bonds is 1. The number of hydrogen-bond acceptors (Lipinski definition) is 3. The van der Waals surface area contributed by atoms with Crippen LogP contribution in [0.2, 0.25) is 0 Å². The van der Waals surface area contributed by atoms with E-state index in [9.17, 15) is 10.4 Å². The minimum atomic E-state index is -0.422. The molecule has 3 unspecified atom stereocenters. The first-order chi connectivity index (χ1) is 6.78. The fourth-order valence-electron chi connectivity index (χ4n) is 2.94. The van der Waals surface area contributed by atoms with Crippen LogP contribution in [0.4, 0.5) is 0 Å². The van der Waals surface area contributed by atoms with Crippen molar-refractivity contribution >= 4 is 0 Å². The number of nitriles is 1. The molecule has 1 aliphatic carbocycles. The maximum absolute atomic E-state index is 9.85. The van der Waals surface area contributed by atoms with Gasteiger partial charge in [-0.05, 0) is 38.6 Å². The van der Waals surface area contributed by atoms with Gasteiger partial charge in [0, 0.05) is 5.92 Å². The number of piperidine rings is 1. The van der Waals surface area contributed by atoms with Gasteiger partial charge in [-0.1, -0.05) is 6.42 Å². The van der Waals surface area contributed by atoms with Gasteiger partial charge in [-0.3, -0.25) is 5.32 Å². The molecule has 0 amide bonds. The first-order valence-electron chi connectivity index (χ1n) is 5.63. The van der Waals surface area contributed by atoms with Gasteiger partial charge < -0.3 is 5.11 Å². The van der Waals surface area contributed by atoms with Crippen molar-refractivity contribution in [3.8, 4) is 6.07 Å². The van der Waals surface area contributed by atoms with E-state index in [1.165, 1.54) is 0 Å². The summed E-state index contributed by atoms with van der Waals surface area (Å²) in [6, 6.07) is 2.42. The summed E-state index contributed by atoms with van der Waals surface area (Å²) >= 11 is 0. The highest BCUT2D eigenvalue weighted by atomic mass is 16.3. The van der Waals surface area contributed by atoms with Gasteiger partial charge in [-0.25, -0.2) is 0 Å². The molecular weight excluding hydrogens is 176 g/mol. The van der Waals surface area contributed by atoms with E-state index >= 15 is 0 Å². The van der Waals surface area contributed by atoms with Gasteiger partial charge in [0.05, 0.1) is 12.2 Å². The predicted octanol–water partition coefficient (Wildman–Crippen LogP) is 1.18. The van der Waals surface area contributed by atoms with Crippen LogP contribution in [0.15, 0.2) is 0 Å². The molecule has 0 bridgehead atoms. The highest BCUT2D eigenvalue weighted by molar-refractivity contribution is 5.14. The summed E-state index contributed by atoms with van der Waals surface area (Å²) in [6.07, 6.45) is 5.86. The van der Waals surface area contributed by atoms with E-state index < -0.39 is 5.54 Å². The van der Waals surface area contributed by atoms with Crippen molar-refractivity contribution < 1.29 is 5.11 Å². The van der Waals surface area contributed by atoms with Crippen molar-refractivity contribution in [2.75, 3.05) is 6.54 Å². The molecule has 2 N–H and O–H groups in total. The highest BCUT2D eigenvalue weighted by Gasteiger charge is 2.45. The van der Waals surface area contributed by atoms with E-state index in [-0.39, 0.29) is 12.0 Å².